The van der Waals surface area contributed by atoms with Gasteiger partial charge in [-0.2, -0.15) is 0 Å². The maximum atomic E-state index is 14.0. The number of aromatic carboxylic acids is 1. The molecule has 0 aliphatic carbocycles. The van der Waals surface area contributed by atoms with Crippen LogP contribution in [0.25, 0.3) is 0 Å². The van der Waals surface area contributed by atoms with E-state index in [2.05, 4.69) is 0 Å². The Kier molecular flexibility index (Phi) is 7.28. The van der Waals surface area contributed by atoms with E-state index >= 15 is 0 Å². The number of nitrogens with zero attached hydrogens (tertiary/aromatic N) is 1. The number of carboxylic acids is 1. The summed E-state index contributed by atoms with van der Waals surface area (Å²) in [6.07, 6.45) is 0. The van der Waals surface area contributed by atoms with Gasteiger partial charge in [0.05, 0.1) is 18.8 Å². The van der Waals surface area contributed by atoms with Crippen molar-refractivity contribution >= 4 is 5.97 Å². The van der Waals surface area contributed by atoms with Gasteiger partial charge in [-0.3, -0.25) is 4.90 Å². The average molecular weight is 299 g/mol. The second-order valence-electron chi connectivity index (χ2n) is 4.88. The van der Waals surface area contributed by atoms with E-state index in [4.69, 9.17) is 14.6 Å². The van der Waals surface area contributed by atoms with Crippen molar-refractivity contribution in [2.75, 3.05) is 34.0 Å². The molecule has 0 amide bonds. The number of ether oxygens (including phenoxy) is 2. The van der Waals surface area contributed by atoms with Gasteiger partial charge in [-0.05, 0) is 19.1 Å². The van der Waals surface area contributed by atoms with Crippen molar-refractivity contribution in [1.29, 1.82) is 0 Å². The molecule has 0 aliphatic heterocycles. The Morgan fingerprint density at radius 2 is 2.10 bits per heavy atom. The zero-order chi connectivity index (χ0) is 15.8. The lowest BCUT2D eigenvalue weighted by Gasteiger charge is -2.28. The second kappa shape index (κ2) is 8.71. The van der Waals surface area contributed by atoms with Gasteiger partial charge in [-0.1, -0.05) is 6.07 Å². The molecule has 0 spiro atoms. The summed E-state index contributed by atoms with van der Waals surface area (Å²) in [5.74, 6) is -1.65. The summed E-state index contributed by atoms with van der Waals surface area (Å²) in [6, 6.07) is 4.07. The number of methoxy groups -OCH3 is 2. The van der Waals surface area contributed by atoms with Gasteiger partial charge in [0.2, 0.25) is 0 Å². The first-order valence-electron chi connectivity index (χ1n) is 6.73. The molecule has 1 unspecified atom stereocenters. The number of hydrogen-bond donors (Lipinski definition) is 1. The van der Waals surface area contributed by atoms with Crippen molar-refractivity contribution in [1.82, 2.24) is 4.90 Å². The lowest BCUT2D eigenvalue weighted by atomic mass is 10.1. The Labute approximate surface area is 124 Å². The number of rotatable bonds is 9. The standard InChI is InChI=1S/C15H22FNO4/c1-11(10-21-3)17(6-7-20-2)9-13-5-4-12(15(18)19)8-14(13)16/h4-5,8,11H,6-7,9-10H2,1-3H3,(H,18,19). The van der Waals surface area contributed by atoms with E-state index in [9.17, 15) is 9.18 Å². The molecule has 0 aliphatic rings. The van der Waals surface area contributed by atoms with Crippen LogP contribution in [0, 0.1) is 5.82 Å². The SMILES string of the molecule is COCCN(Cc1ccc(C(=O)O)cc1F)C(C)COC. The van der Waals surface area contributed by atoms with Crippen LogP contribution in [0.3, 0.4) is 0 Å². The van der Waals surface area contributed by atoms with Gasteiger partial charge in [0.1, 0.15) is 5.82 Å². The van der Waals surface area contributed by atoms with Crippen molar-refractivity contribution in [3.63, 3.8) is 0 Å². The van der Waals surface area contributed by atoms with E-state index in [1.165, 1.54) is 12.1 Å². The summed E-state index contributed by atoms with van der Waals surface area (Å²) < 4.78 is 24.2. The Morgan fingerprint density at radius 1 is 1.38 bits per heavy atom. The molecule has 118 valence electrons. The summed E-state index contributed by atoms with van der Waals surface area (Å²) in [5.41, 5.74) is 0.406. The fourth-order valence-electron chi connectivity index (χ4n) is 2.04. The van der Waals surface area contributed by atoms with Gasteiger partial charge in [0.25, 0.3) is 0 Å². The molecule has 0 radical (unpaired) electrons. The van der Waals surface area contributed by atoms with Crippen molar-refractivity contribution in [2.24, 2.45) is 0 Å². The molecule has 0 saturated heterocycles. The normalized spacial score (nSPS) is 12.6. The maximum absolute atomic E-state index is 14.0. The fraction of sp³-hybridized carbons (Fsp3) is 0.533. The molecule has 0 saturated carbocycles. The number of benzene rings is 1. The summed E-state index contributed by atoms with van der Waals surface area (Å²) in [5, 5.41) is 8.85. The lowest BCUT2D eigenvalue weighted by molar-refractivity contribution is 0.0691. The number of carboxylic acid groups (broad SMARTS) is 1. The van der Waals surface area contributed by atoms with Crippen LogP contribution in [-0.2, 0) is 16.0 Å². The van der Waals surface area contributed by atoms with Gasteiger partial charge >= 0.3 is 5.97 Å². The molecule has 1 N–H and O–H groups in total. The smallest absolute Gasteiger partial charge is 0.335 e. The van der Waals surface area contributed by atoms with Crippen LogP contribution in [-0.4, -0.2) is 56.0 Å². The van der Waals surface area contributed by atoms with E-state index in [1.54, 1.807) is 14.2 Å². The average Bonchev–Trinajstić information content (AvgIpc) is 2.44. The molecular weight excluding hydrogens is 277 g/mol. The van der Waals surface area contributed by atoms with E-state index < -0.39 is 11.8 Å². The number of halogens is 1. The third kappa shape index (κ3) is 5.41. The predicted molar refractivity (Wildman–Crippen MR) is 77.0 cm³/mol. The minimum atomic E-state index is -1.13. The monoisotopic (exact) mass is 299 g/mol. The minimum absolute atomic E-state index is 0.0513. The molecule has 0 heterocycles. The van der Waals surface area contributed by atoms with Gasteiger partial charge in [-0.25, -0.2) is 9.18 Å². The van der Waals surface area contributed by atoms with E-state index in [1.807, 2.05) is 11.8 Å². The summed E-state index contributed by atoms with van der Waals surface area (Å²) >= 11 is 0. The van der Waals surface area contributed by atoms with Crippen LogP contribution in [0.2, 0.25) is 0 Å². The highest BCUT2D eigenvalue weighted by atomic mass is 19.1. The summed E-state index contributed by atoms with van der Waals surface area (Å²) in [4.78, 5) is 12.8. The fourth-order valence-corrected chi connectivity index (χ4v) is 2.04. The highest BCUT2D eigenvalue weighted by molar-refractivity contribution is 5.87. The van der Waals surface area contributed by atoms with Gasteiger partial charge < -0.3 is 14.6 Å². The third-order valence-corrected chi connectivity index (χ3v) is 3.29. The lowest BCUT2D eigenvalue weighted by Crippen LogP contribution is -2.38. The third-order valence-electron chi connectivity index (χ3n) is 3.29. The molecule has 0 bridgehead atoms. The zero-order valence-corrected chi connectivity index (χ0v) is 12.6. The van der Waals surface area contributed by atoms with Crippen LogP contribution in [0.15, 0.2) is 18.2 Å². The Balaban J connectivity index is 2.84. The van der Waals surface area contributed by atoms with Crippen LogP contribution < -0.4 is 0 Å². The molecule has 1 atom stereocenters. The molecule has 1 aromatic rings. The molecule has 21 heavy (non-hydrogen) atoms. The Hall–Kier alpha value is -1.50. The van der Waals surface area contributed by atoms with Gasteiger partial charge in [0.15, 0.2) is 0 Å². The van der Waals surface area contributed by atoms with Crippen molar-refractivity contribution in [3.8, 4) is 0 Å². The minimum Gasteiger partial charge on any atom is -0.478 e. The second-order valence-corrected chi connectivity index (χ2v) is 4.88. The molecule has 0 fully saturated rings. The Bertz CT molecular complexity index is 467. The van der Waals surface area contributed by atoms with Crippen molar-refractivity contribution < 1.29 is 23.8 Å². The zero-order valence-electron chi connectivity index (χ0n) is 12.6. The largest absolute Gasteiger partial charge is 0.478 e. The molecular formula is C15H22FNO4. The van der Waals surface area contributed by atoms with E-state index in [-0.39, 0.29) is 11.6 Å². The molecule has 1 aromatic carbocycles. The van der Waals surface area contributed by atoms with Crippen LogP contribution in [0.4, 0.5) is 4.39 Å². The highest BCUT2D eigenvalue weighted by Crippen LogP contribution is 2.15. The first-order chi connectivity index (χ1) is 9.99. The molecule has 0 aromatic heterocycles. The molecule has 5 nitrogen and oxygen atoms in total. The topological polar surface area (TPSA) is 59.0 Å². The predicted octanol–water partition coefficient (Wildman–Crippen LogP) is 2.01. The van der Waals surface area contributed by atoms with E-state index in [0.29, 0.717) is 31.9 Å². The quantitative estimate of drug-likeness (QED) is 0.756. The molecule has 1 rings (SSSR count). The highest BCUT2D eigenvalue weighted by Gasteiger charge is 2.17. The maximum Gasteiger partial charge on any atom is 0.335 e. The van der Waals surface area contributed by atoms with Gasteiger partial charge in [-0.15, -0.1) is 0 Å². The van der Waals surface area contributed by atoms with Crippen molar-refractivity contribution in [2.45, 2.75) is 19.5 Å². The molecule has 6 heteroatoms. The summed E-state index contributed by atoms with van der Waals surface area (Å²) in [6.45, 7) is 4.06. The van der Waals surface area contributed by atoms with Crippen LogP contribution in [0.5, 0.6) is 0 Å². The van der Waals surface area contributed by atoms with Gasteiger partial charge in [0, 0.05) is 38.9 Å². The Morgan fingerprint density at radius 3 is 2.62 bits per heavy atom. The first kappa shape index (κ1) is 17.6. The summed E-state index contributed by atoms with van der Waals surface area (Å²) in [7, 11) is 3.23. The van der Waals surface area contributed by atoms with E-state index in [0.717, 1.165) is 6.07 Å². The first-order valence-corrected chi connectivity index (χ1v) is 6.73. The van der Waals surface area contributed by atoms with Crippen molar-refractivity contribution in [3.05, 3.63) is 35.1 Å². The van der Waals surface area contributed by atoms with Crippen LogP contribution in [0.1, 0.15) is 22.8 Å². The number of hydrogen-bond acceptors (Lipinski definition) is 4. The number of carbonyl (C=O) groups is 1. The van der Waals surface area contributed by atoms with Crippen LogP contribution >= 0.6 is 0 Å².